The van der Waals surface area contributed by atoms with Crippen molar-refractivity contribution >= 4 is 23.9 Å². The van der Waals surface area contributed by atoms with Crippen molar-refractivity contribution in [2.75, 3.05) is 6.61 Å². The molecule has 2 N–H and O–H groups in total. The molecular weight excluding hydrogens is 536 g/mol. The van der Waals surface area contributed by atoms with Gasteiger partial charge in [0.2, 0.25) is 0 Å². The van der Waals surface area contributed by atoms with E-state index in [-0.39, 0.29) is 13.0 Å². The molecule has 0 saturated heterocycles. The molecule has 0 aliphatic rings. The minimum atomic E-state index is -2.68. The number of hydrogen-bond acceptors (Lipinski definition) is 7. The van der Waals surface area contributed by atoms with Gasteiger partial charge in [-0.2, -0.15) is 0 Å². The predicted molar refractivity (Wildman–Crippen MR) is 166 cm³/mol. The zero-order valence-electron chi connectivity index (χ0n) is 27.1. The number of hydrogen-bond donors (Lipinski definition) is 2. The quantitative estimate of drug-likeness (QED) is 0.0499. The molecule has 0 aromatic carbocycles. The lowest BCUT2D eigenvalue weighted by Gasteiger charge is -2.21. The van der Waals surface area contributed by atoms with E-state index in [2.05, 4.69) is 25.5 Å². The molecule has 0 saturated carbocycles. The fourth-order valence-corrected chi connectivity index (χ4v) is 4.97. The van der Waals surface area contributed by atoms with Gasteiger partial charge in [0.1, 0.15) is 0 Å². The highest BCUT2D eigenvalue weighted by atomic mass is 16.6. The van der Waals surface area contributed by atoms with Crippen LogP contribution in [-0.4, -0.2) is 46.3 Å². The Balaban J connectivity index is 3.82. The predicted octanol–water partition coefficient (Wildman–Crippen LogP) is 8.45. The number of ether oxygens (including phenoxy) is 2. The van der Waals surface area contributed by atoms with Crippen LogP contribution >= 0.6 is 0 Å². The van der Waals surface area contributed by atoms with E-state index in [0.717, 1.165) is 50.9 Å². The Morgan fingerprint density at radius 2 is 1.02 bits per heavy atom. The summed E-state index contributed by atoms with van der Waals surface area (Å²) < 4.78 is 9.72. The Morgan fingerprint density at radius 1 is 0.595 bits per heavy atom. The molecule has 1 atom stereocenters. The van der Waals surface area contributed by atoms with Gasteiger partial charge in [0, 0.05) is 6.42 Å². The zero-order valence-corrected chi connectivity index (χ0v) is 27.1. The van der Waals surface area contributed by atoms with Crippen molar-refractivity contribution in [2.45, 2.75) is 180 Å². The Bertz CT molecular complexity index is 720. The van der Waals surface area contributed by atoms with Crippen molar-refractivity contribution in [3.8, 4) is 0 Å². The summed E-state index contributed by atoms with van der Waals surface area (Å²) in [5.41, 5.74) is -2.68. The van der Waals surface area contributed by atoms with Crippen molar-refractivity contribution in [3.05, 3.63) is 0 Å². The fraction of sp³-hybridized carbons (Fsp3) is 0.882. The second kappa shape index (κ2) is 26.7. The largest absolute Gasteiger partial charge is 0.479 e. The smallest absolute Gasteiger partial charge is 0.336 e. The monoisotopic (exact) mass is 598 g/mol. The Morgan fingerprint density at radius 3 is 1.50 bits per heavy atom. The van der Waals surface area contributed by atoms with Gasteiger partial charge in [0.15, 0.2) is 5.60 Å². The first kappa shape index (κ1) is 40.0. The fourth-order valence-electron chi connectivity index (χ4n) is 4.97. The van der Waals surface area contributed by atoms with Gasteiger partial charge in [-0.05, 0) is 18.8 Å². The number of aliphatic carboxylic acids is 1. The Hall–Kier alpha value is -1.96. The van der Waals surface area contributed by atoms with Crippen LogP contribution in [0, 0.1) is 5.92 Å². The number of unbranched alkanes of at least 4 members (excludes halogenated alkanes) is 18. The molecule has 1 unspecified atom stereocenters. The van der Waals surface area contributed by atoms with Gasteiger partial charge in [-0.25, -0.2) is 4.79 Å². The maximum atomic E-state index is 12.1. The number of carbonyl (C=O) groups excluding carboxylic acids is 3. The standard InChI is InChI=1S/C34H62O8/c1-4-5-6-18-22-25-30(35)42-32(37)28-34(40,33(38)39)27-31(36)41-26-23-20-17-15-13-11-9-7-8-10-12-14-16-19-21-24-29(2)3/h29,40H,4-28H2,1-3H3,(H,38,39). The third-order valence-corrected chi connectivity index (χ3v) is 7.67. The van der Waals surface area contributed by atoms with Crippen LogP contribution in [0.1, 0.15) is 175 Å². The normalized spacial score (nSPS) is 12.7. The highest BCUT2D eigenvalue weighted by molar-refractivity contribution is 5.92. The van der Waals surface area contributed by atoms with Crippen LogP contribution in [0.2, 0.25) is 0 Å². The van der Waals surface area contributed by atoms with E-state index in [1.165, 1.54) is 77.0 Å². The molecule has 0 aromatic heterocycles. The van der Waals surface area contributed by atoms with Crippen molar-refractivity contribution in [3.63, 3.8) is 0 Å². The van der Waals surface area contributed by atoms with Crippen LogP contribution in [0.15, 0.2) is 0 Å². The topological polar surface area (TPSA) is 127 Å². The molecule has 0 amide bonds. The summed E-state index contributed by atoms with van der Waals surface area (Å²) in [5.74, 6) is -3.75. The van der Waals surface area contributed by atoms with E-state index in [1.54, 1.807) is 0 Å². The number of rotatable bonds is 29. The molecule has 0 heterocycles. The van der Waals surface area contributed by atoms with Crippen LogP contribution in [-0.2, 0) is 28.7 Å². The van der Waals surface area contributed by atoms with Crippen LogP contribution in [0.25, 0.3) is 0 Å². The SMILES string of the molecule is CCCCCCCC(=O)OC(=O)CC(O)(CC(=O)OCCCCCCCCCCCCCCCCCC(C)C)C(=O)O. The molecule has 0 spiro atoms. The van der Waals surface area contributed by atoms with Crippen LogP contribution in [0.4, 0.5) is 0 Å². The summed E-state index contributed by atoms with van der Waals surface area (Å²) in [6.07, 6.45) is 22.4. The number of carboxylic acid groups (broad SMARTS) is 1. The molecule has 0 aliphatic heterocycles. The average molecular weight is 599 g/mol. The van der Waals surface area contributed by atoms with Gasteiger partial charge < -0.3 is 19.7 Å². The lowest BCUT2D eigenvalue weighted by molar-refractivity contribution is -0.175. The van der Waals surface area contributed by atoms with E-state index in [1.807, 2.05) is 0 Å². The third-order valence-electron chi connectivity index (χ3n) is 7.67. The second-order valence-corrected chi connectivity index (χ2v) is 12.4. The first-order valence-electron chi connectivity index (χ1n) is 17.0. The molecule has 0 fully saturated rings. The van der Waals surface area contributed by atoms with Crippen molar-refractivity contribution in [1.29, 1.82) is 0 Å². The lowest BCUT2D eigenvalue weighted by Crippen LogP contribution is -2.43. The van der Waals surface area contributed by atoms with E-state index in [9.17, 15) is 29.4 Å². The highest BCUT2D eigenvalue weighted by Gasteiger charge is 2.42. The van der Waals surface area contributed by atoms with Gasteiger partial charge in [0.25, 0.3) is 0 Å². The average Bonchev–Trinajstić information content (AvgIpc) is 2.91. The van der Waals surface area contributed by atoms with E-state index in [0.29, 0.717) is 12.8 Å². The molecule has 0 rings (SSSR count). The van der Waals surface area contributed by atoms with Crippen molar-refractivity contribution in [1.82, 2.24) is 0 Å². The highest BCUT2D eigenvalue weighted by Crippen LogP contribution is 2.19. The Labute approximate surface area is 255 Å². The summed E-state index contributed by atoms with van der Waals surface area (Å²) in [6, 6.07) is 0. The molecule has 0 aromatic rings. The van der Waals surface area contributed by atoms with Crippen LogP contribution < -0.4 is 0 Å². The van der Waals surface area contributed by atoms with Gasteiger partial charge in [-0.1, -0.05) is 143 Å². The van der Waals surface area contributed by atoms with E-state index < -0.39 is 42.3 Å². The first-order valence-corrected chi connectivity index (χ1v) is 17.0. The molecule has 246 valence electrons. The van der Waals surface area contributed by atoms with Crippen LogP contribution in [0.3, 0.4) is 0 Å². The molecule has 0 radical (unpaired) electrons. The molecule has 0 bridgehead atoms. The second-order valence-electron chi connectivity index (χ2n) is 12.4. The summed E-state index contributed by atoms with van der Waals surface area (Å²) in [5, 5.41) is 19.7. The van der Waals surface area contributed by atoms with Gasteiger partial charge in [0.05, 0.1) is 19.4 Å². The van der Waals surface area contributed by atoms with Crippen molar-refractivity contribution in [2.24, 2.45) is 5.92 Å². The maximum Gasteiger partial charge on any atom is 0.336 e. The molecular formula is C34H62O8. The van der Waals surface area contributed by atoms with Gasteiger partial charge in [-0.3, -0.25) is 14.4 Å². The van der Waals surface area contributed by atoms with E-state index in [4.69, 9.17) is 4.74 Å². The zero-order chi connectivity index (χ0) is 31.5. The summed E-state index contributed by atoms with van der Waals surface area (Å²) in [4.78, 5) is 47.5. The number of aliphatic hydroxyl groups is 1. The van der Waals surface area contributed by atoms with Gasteiger partial charge in [-0.15, -0.1) is 0 Å². The molecule has 8 heteroatoms. The minimum Gasteiger partial charge on any atom is -0.479 e. The maximum absolute atomic E-state index is 12.1. The number of carbonyl (C=O) groups is 4. The van der Waals surface area contributed by atoms with E-state index >= 15 is 0 Å². The Kier molecular flexibility index (Phi) is 25.4. The minimum absolute atomic E-state index is 0.0436. The number of esters is 3. The summed E-state index contributed by atoms with van der Waals surface area (Å²) in [6.45, 7) is 6.80. The molecule has 8 nitrogen and oxygen atoms in total. The lowest BCUT2D eigenvalue weighted by atomic mass is 9.96. The van der Waals surface area contributed by atoms with Crippen LogP contribution in [0.5, 0.6) is 0 Å². The number of carboxylic acids is 1. The molecule has 42 heavy (non-hydrogen) atoms. The van der Waals surface area contributed by atoms with Crippen molar-refractivity contribution < 1.29 is 38.9 Å². The summed E-state index contributed by atoms with van der Waals surface area (Å²) >= 11 is 0. The molecule has 0 aliphatic carbocycles. The van der Waals surface area contributed by atoms with Gasteiger partial charge >= 0.3 is 23.9 Å². The summed E-state index contributed by atoms with van der Waals surface area (Å²) in [7, 11) is 0. The first-order chi connectivity index (χ1) is 20.1. The third kappa shape index (κ3) is 24.6.